The second-order valence-electron chi connectivity index (χ2n) is 6.79. The number of aromatic nitrogens is 2. The van der Waals surface area contributed by atoms with Crippen molar-refractivity contribution in [2.24, 2.45) is 0 Å². The molecule has 1 aliphatic rings. The molecule has 0 unspecified atom stereocenters. The van der Waals surface area contributed by atoms with Crippen LogP contribution in [0.25, 0.3) is 0 Å². The van der Waals surface area contributed by atoms with Crippen molar-refractivity contribution in [3.8, 4) is 0 Å². The van der Waals surface area contributed by atoms with Crippen LogP contribution in [0, 0.1) is 0 Å². The zero-order valence-electron chi connectivity index (χ0n) is 14.8. The molecule has 3 rings (SSSR count). The molecule has 7 nitrogen and oxygen atoms in total. The van der Waals surface area contributed by atoms with E-state index in [1.807, 2.05) is 11.8 Å². The van der Waals surface area contributed by atoms with Crippen LogP contribution < -0.4 is 4.90 Å². The molecule has 1 saturated heterocycles. The quantitative estimate of drug-likeness (QED) is 0.753. The molecule has 0 aliphatic carbocycles. The van der Waals surface area contributed by atoms with E-state index < -0.39 is 15.6 Å². The highest BCUT2D eigenvalue weighted by Crippen LogP contribution is 2.30. The Balaban J connectivity index is 1.74. The SMILES string of the molecule is C[C@H]1CN(S(=O)(=O)c2ccc(Br)s2)CCN1c1ncc(C(C)(C)O)cn1. The summed E-state index contributed by atoms with van der Waals surface area (Å²) < 4.78 is 28.2. The van der Waals surface area contributed by atoms with Crippen LogP contribution in [0.2, 0.25) is 0 Å². The smallest absolute Gasteiger partial charge is 0.252 e. The number of aliphatic hydroxyl groups is 1. The molecule has 1 aliphatic heterocycles. The lowest BCUT2D eigenvalue weighted by atomic mass is 10.0. The lowest BCUT2D eigenvalue weighted by molar-refractivity contribution is 0.0778. The van der Waals surface area contributed by atoms with E-state index in [2.05, 4.69) is 25.9 Å². The standard InChI is InChI=1S/C16H21BrN4O3S2/c1-11-10-20(26(23,24)14-5-4-13(17)25-14)6-7-21(11)15-18-8-12(9-19-15)16(2,3)22/h4-5,8-9,11,22H,6-7,10H2,1-3H3/t11-/m0/s1. The maximum atomic E-state index is 12.8. The third-order valence-corrected chi connectivity index (χ3v) is 8.29. The summed E-state index contributed by atoms with van der Waals surface area (Å²) in [7, 11) is -3.48. The van der Waals surface area contributed by atoms with Gasteiger partial charge in [0.25, 0.3) is 10.0 Å². The molecule has 0 spiro atoms. The Labute approximate surface area is 165 Å². The molecule has 0 amide bonds. The predicted molar refractivity (Wildman–Crippen MR) is 105 cm³/mol. The fourth-order valence-electron chi connectivity index (χ4n) is 2.79. The van der Waals surface area contributed by atoms with Crippen molar-refractivity contribution in [2.75, 3.05) is 24.5 Å². The second-order valence-corrected chi connectivity index (χ2v) is 11.4. The topological polar surface area (TPSA) is 86.6 Å². The van der Waals surface area contributed by atoms with Gasteiger partial charge in [0.15, 0.2) is 0 Å². The van der Waals surface area contributed by atoms with Gasteiger partial charge in [0.05, 0.1) is 9.39 Å². The van der Waals surface area contributed by atoms with Crippen molar-refractivity contribution in [1.82, 2.24) is 14.3 Å². The van der Waals surface area contributed by atoms with Gasteiger partial charge in [-0.2, -0.15) is 4.31 Å². The molecule has 0 bridgehead atoms. The Morgan fingerprint density at radius 3 is 2.42 bits per heavy atom. The van der Waals surface area contributed by atoms with Gasteiger partial charge in [0, 0.05) is 43.6 Å². The van der Waals surface area contributed by atoms with Crippen LogP contribution in [0.5, 0.6) is 0 Å². The minimum Gasteiger partial charge on any atom is -0.386 e. The number of rotatable bonds is 4. The summed E-state index contributed by atoms with van der Waals surface area (Å²) in [6.07, 6.45) is 3.22. The van der Waals surface area contributed by atoms with Crippen LogP contribution in [-0.2, 0) is 15.6 Å². The molecule has 26 heavy (non-hydrogen) atoms. The van der Waals surface area contributed by atoms with Gasteiger partial charge < -0.3 is 10.0 Å². The predicted octanol–water partition coefficient (Wildman–Crippen LogP) is 2.43. The van der Waals surface area contributed by atoms with E-state index in [4.69, 9.17) is 0 Å². The first-order chi connectivity index (χ1) is 12.1. The molecule has 10 heteroatoms. The average molecular weight is 461 g/mol. The Morgan fingerprint density at radius 2 is 1.92 bits per heavy atom. The van der Waals surface area contributed by atoms with Gasteiger partial charge >= 0.3 is 0 Å². The summed E-state index contributed by atoms with van der Waals surface area (Å²) in [4.78, 5) is 10.7. The fourth-order valence-corrected chi connectivity index (χ4v) is 6.47. The molecule has 0 aromatic carbocycles. The molecule has 2 aromatic heterocycles. The van der Waals surface area contributed by atoms with Crippen molar-refractivity contribution in [3.05, 3.63) is 33.9 Å². The van der Waals surface area contributed by atoms with E-state index in [-0.39, 0.29) is 6.04 Å². The molecule has 0 saturated carbocycles. The third kappa shape index (κ3) is 3.94. The molecule has 142 valence electrons. The van der Waals surface area contributed by atoms with Gasteiger partial charge in [-0.3, -0.25) is 0 Å². The normalized spacial score (nSPS) is 19.7. The Bertz CT molecular complexity index is 878. The van der Waals surface area contributed by atoms with Crippen molar-refractivity contribution in [3.63, 3.8) is 0 Å². The van der Waals surface area contributed by atoms with Crippen molar-refractivity contribution in [1.29, 1.82) is 0 Å². The summed E-state index contributed by atoms with van der Waals surface area (Å²) in [6.45, 7) is 6.57. The van der Waals surface area contributed by atoms with Crippen LogP contribution in [0.3, 0.4) is 0 Å². The van der Waals surface area contributed by atoms with Crippen LogP contribution in [0.1, 0.15) is 26.3 Å². The van der Waals surface area contributed by atoms with Gasteiger partial charge in [-0.05, 0) is 48.8 Å². The number of hydrogen-bond donors (Lipinski definition) is 1. The van der Waals surface area contributed by atoms with E-state index in [1.54, 1.807) is 38.4 Å². The van der Waals surface area contributed by atoms with Gasteiger partial charge in [0.1, 0.15) is 4.21 Å². The van der Waals surface area contributed by atoms with Crippen LogP contribution >= 0.6 is 27.3 Å². The number of nitrogens with zero attached hydrogens (tertiary/aromatic N) is 4. The minimum absolute atomic E-state index is 0.0603. The van der Waals surface area contributed by atoms with Gasteiger partial charge in [0.2, 0.25) is 5.95 Å². The number of halogens is 1. The summed E-state index contributed by atoms with van der Waals surface area (Å²) in [5.41, 5.74) is -0.357. The van der Waals surface area contributed by atoms with Crippen LogP contribution in [0.4, 0.5) is 5.95 Å². The molecule has 2 aromatic rings. The molecule has 0 radical (unpaired) electrons. The van der Waals surface area contributed by atoms with E-state index in [1.165, 1.54) is 15.6 Å². The third-order valence-electron chi connectivity index (χ3n) is 4.33. The van der Waals surface area contributed by atoms with Gasteiger partial charge in [-0.1, -0.05) is 0 Å². The molecular formula is C16H21BrN4O3S2. The average Bonchev–Trinajstić information content (AvgIpc) is 3.01. The highest BCUT2D eigenvalue weighted by molar-refractivity contribution is 9.11. The monoisotopic (exact) mass is 460 g/mol. The first kappa shape index (κ1) is 19.7. The van der Waals surface area contributed by atoms with Crippen molar-refractivity contribution in [2.45, 2.75) is 36.6 Å². The summed E-state index contributed by atoms with van der Waals surface area (Å²) in [5.74, 6) is 0.543. The maximum Gasteiger partial charge on any atom is 0.252 e. The number of piperazine rings is 1. The zero-order chi connectivity index (χ0) is 19.1. The molecule has 1 fully saturated rings. The first-order valence-corrected chi connectivity index (χ1v) is 11.2. The van der Waals surface area contributed by atoms with Crippen molar-refractivity contribution < 1.29 is 13.5 Å². The minimum atomic E-state index is -3.48. The van der Waals surface area contributed by atoms with Gasteiger partial charge in [-0.15, -0.1) is 11.3 Å². The lowest BCUT2D eigenvalue weighted by Gasteiger charge is -2.39. The van der Waals surface area contributed by atoms with E-state index in [9.17, 15) is 13.5 Å². The molecule has 1 N–H and O–H groups in total. The molecular weight excluding hydrogens is 440 g/mol. The Hall–Kier alpha value is -1.07. The highest BCUT2D eigenvalue weighted by atomic mass is 79.9. The Morgan fingerprint density at radius 1 is 1.27 bits per heavy atom. The Kier molecular flexibility index (Phi) is 5.42. The summed E-state index contributed by atoms with van der Waals surface area (Å²) in [5, 5.41) is 10.0. The highest BCUT2D eigenvalue weighted by Gasteiger charge is 2.34. The number of anilines is 1. The van der Waals surface area contributed by atoms with Gasteiger partial charge in [-0.25, -0.2) is 18.4 Å². The maximum absolute atomic E-state index is 12.8. The van der Waals surface area contributed by atoms with Crippen LogP contribution in [-0.4, -0.2) is 53.5 Å². The lowest BCUT2D eigenvalue weighted by Crippen LogP contribution is -2.54. The largest absolute Gasteiger partial charge is 0.386 e. The second kappa shape index (κ2) is 7.16. The van der Waals surface area contributed by atoms with E-state index in [0.29, 0.717) is 35.4 Å². The summed E-state index contributed by atoms with van der Waals surface area (Å²) >= 11 is 4.53. The van der Waals surface area contributed by atoms with Crippen LogP contribution in [0.15, 0.2) is 32.5 Å². The number of sulfonamides is 1. The first-order valence-electron chi connectivity index (χ1n) is 8.16. The molecule has 3 heterocycles. The van der Waals surface area contributed by atoms with Crippen molar-refractivity contribution >= 4 is 43.2 Å². The fraction of sp³-hybridized carbons (Fsp3) is 0.500. The number of hydrogen-bond acceptors (Lipinski definition) is 7. The summed E-state index contributed by atoms with van der Waals surface area (Å²) in [6, 6.07) is 3.31. The molecule has 1 atom stereocenters. The number of thiophene rings is 1. The zero-order valence-corrected chi connectivity index (χ0v) is 18.0. The van der Waals surface area contributed by atoms with E-state index in [0.717, 1.165) is 3.79 Å². The van der Waals surface area contributed by atoms with E-state index >= 15 is 0 Å².